The molecule has 1 aliphatic carbocycles. The van der Waals surface area contributed by atoms with Crippen LogP contribution in [0.25, 0.3) is 5.57 Å². The van der Waals surface area contributed by atoms with Crippen LogP contribution in [0.2, 0.25) is 0 Å². The molecule has 1 aromatic rings. The summed E-state index contributed by atoms with van der Waals surface area (Å²) >= 11 is 6.50. The lowest BCUT2D eigenvalue weighted by atomic mass is 9.83. The molecule has 2 atom stereocenters. The average Bonchev–Trinajstić information content (AvgIpc) is 2.87. The van der Waals surface area contributed by atoms with Crippen molar-refractivity contribution in [2.45, 2.75) is 11.1 Å². The number of benzene rings is 1. The first-order chi connectivity index (χ1) is 9.13. The molecule has 0 fully saturated rings. The molecule has 2 aliphatic rings. The average molecular weight is 275 g/mol. The van der Waals surface area contributed by atoms with Gasteiger partial charge in [0.1, 0.15) is 22.5 Å². The number of aliphatic hydroxyl groups is 1. The van der Waals surface area contributed by atoms with Crippen LogP contribution in [0.1, 0.15) is 5.56 Å². The van der Waals surface area contributed by atoms with E-state index in [0.29, 0.717) is 17.0 Å². The zero-order valence-electron chi connectivity index (χ0n) is 9.86. The fourth-order valence-electron chi connectivity index (χ4n) is 2.18. The molecule has 6 heteroatoms. The minimum absolute atomic E-state index is 0.549. The highest BCUT2D eigenvalue weighted by Gasteiger charge is 2.42. The van der Waals surface area contributed by atoms with Crippen LogP contribution in [0.5, 0.6) is 0 Å². The molecule has 3 N–H and O–H groups in total. The van der Waals surface area contributed by atoms with Gasteiger partial charge in [0.05, 0.1) is 0 Å². The molecule has 2 unspecified atom stereocenters. The van der Waals surface area contributed by atoms with Crippen LogP contribution in [0.4, 0.5) is 0 Å². The number of rotatable bonds is 2. The number of hydrogen-bond acceptors (Lipinski definition) is 5. The van der Waals surface area contributed by atoms with E-state index in [2.05, 4.69) is 15.4 Å². The standard InChI is InChI=1S/C13H11ClN4O/c14-13(12(15)19)7-6-9-11(17-18-16-9)10(13)8-4-2-1-3-5-8/h1-7,12,19H,15H2. The molecular formula is C13H11ClN4O. The van der Waals surface area contributed by atoms with Crippen LogP contribution in [0.15, 0.2) is 63.6 Å². The summed E-state index contributed by atoms with van der Waals surface area (Å²) in [6.45, 7) is 0. The molecule has 19 heavy (non-hydrogen) atoms. The quantitative estimate of drug-likeness (QED) is 0.639. The summed E-state index contributed by atoms with van der Waals surface area (Å²) < 4.78 is 0. The third-order valence-electron chi connectivity index (χ3n) is 3.14. The summed E-state index contributed by atoms with van der Waals surface area (Å²) in [5.41, 5.74) is 8.25. The summed E-state index contributed by atoms with van der Waals surface area (Å²) in [6.07, 6.45) is 2.04. The Morgan fingerprint density at radius 2 is 2.00 bits per heavy atom. The van der Waals surface area contributed by atoms with Crippen molar-refractivity contribution < 1.29 is 5.11 Å². The van der Waals surface area contributed by atoms with Crippen LogP contribution in [-0.4, -0.2) is 21.9 Å². The van der Waals surface area contributed by atoms with Gasteiger partial charge in [0.2, 0.25) is 0 Å². The molecule has 96 valence electrons. The number of nitrogens with zero attached hydrogens (tertiary/aromatic N) is 3. The van der Waals surface area contributed by atoms with E-state index in [-0.39, 0.29) is 0 Å². The van der Waals surface area contributed by atoms with Gasteiger partial charge in [-0.25, -0.2) is 0 Å². The minimum Gasteiger partial charge on any atom is -0.376 e. The zero-order chi connectivity index (χ0) is 13.5. The van der Waals surface area contributed by atoms with Crippen molar-refractivity contribution in [3.63, 3.8) is 0 Å². The first-order valence-corrected chi connectivity index (χ1v) is 6.12. The SMILES string of the molecule is NC(O)C1(Cl)C=CC2=NN=NC2=C1c1ccccc1. The number of allylic oxidation sites excluding steroid dienone is 1. The van der Waals surface area contributed by atoms with Crippen LogP contribution in [0.3, 0.4) is 0 Å². The maximum Gasteiger partial charge on any atom is 0.130 e. The molecule has 0 saturated carbocycles. The fraction of sp³-hybridized carbons (Fsp3) is 0.154. The molecule has 0 saturated heterocycles. The number of aliphatic hydroxyl groups excluding tert-OH is 1. The zero-order valence-corrected chi connectivity index (χ0v) is 10.6. The predicted octanol–water partition coefficient (Wildman–Crippen LogP) is 2.04. The Morgan fingerprint density at radius 3 is 2.68 bits per heavy atom. The van der Waals surface area contributed by atoms with Gasteiger partial charge >= 0.3 is 0 Å². The lowest BCUT2D eigenvalue weighted by Crippen LogP contribution is -2.44. The monoisotopic (exact) mass is 274 g/mol. The molecule has 5 nitrogen and oxygen atoms in total. The van der Waals surface area contributed by atoms with Crippen molar-refractivity contribution in [1.29, 1.82) is 0 Å². The molecule has 1 aromatic carbocycles. The van der Waals surface area contributed by atoms with Gasteiger partial charge < -0.3 is 10.8 Å². The van der Waals surface area contributed by atoms with Crippen molar-refractivity contribution in [2.75, 3.05) is 0 Å². The second-order valence-corrected chi connectivity index (χ2v) is 4.94. The minimum atomic E-state index is -1.26. The van der Waals surface area contributed by atoms with E-state index in [1.165, 1.54) is 0 Å². The third kappa shape index (κ3) is 1.83. The lowest BCUT2D eigenvalue weighted by molar-refractivity contribution is 0.170. The number of alkyl halides is 1. The highest BCUT2D eigenvalue weighted by Crippen LogP contribution is 2.43. The molecule has 0 aromatic heterocycles. The molecule has 3 rings (SSSR count). The topological polar surface area (TPSA) is 83.3 Å². The van der Waals surface area contributed by atoms with Crippen molar-refractivity contribution in [2.24, 2.45) is 21.2 Å². The summed E-state index contributed by atoms with van der Waals surface area (Å²) in [7, 11) is 0. The van der Waals surface area contributed by atoms with Gasteiger partial charge in [0.25, 0.3) is 0 Å². The Balaban J connectivity index is 2.25. The smallest absolute Gasteiger partial charge is 0.130 e. The maximum atomic E-state index is 9.84. The summed E-state index contributed by atoms with van der Waals surface area (Å²) in [5, 5.41) is 21.4. The van der Waals surface area contributed by atoms with E-state index in [4.69, 9.17) is 17.3 Å². The van der Waals surface area contributed by atoms with Crippen molar-refractivity contribution in [3.05, 3.63) is 53.7 Å². The predicted molar refractivity (Wildman–Crippen MR) is 73.6 cm³/mol. The van der Waals surface area contributed by atoms with Crippen LogP contribution in [0, 0.1) is 0 Å². The van der Waals surface area contributed by atoms with Crippen LogP contribution in [-0.2, 0) is 0 Å². The number of nitrogens with two attached hydrogens (primary N) is 1. The number of fused-ring (bicyclic) bond motifs is 1. The fourth-order valence-corrected chi connectivity index (χ4v) is 2.44. The highest BCUT2D eigenvalue weighted by molar-refractivity contribution is 6.36. The molecule has 0 bridgehead atoms. The first kappa shape index (κ1) is 12.2. The number of hydrogen-bond donors (Lipinski definition) is 2. The van der Waals surface area contributed by atoms with E-state index in [1.807, 2.05) is 30.3 Å². The maximum absolute atomic E-state index is 9.84. The van der Waals surface area contributed by atoms with Gasteiger partial charge in [-0.3, -0.25) is 0 Å². The van der Waals surface area contributed by atoms with Gasteiger partial charge in [-0.15, -0.1) is 21.8 Å². The third-order valence-corrected chi connectivity index (χ3v) is 3.67. The first-order valence-electron chi connectivity index (χ1n) is 5.74. The Labute approximate surface area is 114 Å². The Hall–Kier alpha value is -1.82. The second kappa shape index (κ2) is 4.38. The van der Waals surface area contributed by atoms with Crippen LogP contribution < -0.4 is 5.73 Å². The normalized spacial score (nSPS) is 26.4. The molecule has 1 heterocycles. The van der Waals surface area contributed by atoms with Crippen molar-refractivity contribution >= 4 is 22.9 Å². The summed E-state index contributed by atoms with van der Waals surface area (Å²) in [5.74, 6) is 0. The second-order valence-electron chi connectivity index (χ2n) is 4.31. The Kier molecular flexibility index (Phi) is 2.82. The van der Waals surface area contributed by atoms with Gasteiger partial charge in [-0.1, -0.05) is 36.4 Å². The van der Waals surface area contributed by atoms with E-state index >= 15 is 0 Å². The number of halogens is 1. The largest absolute Gasteiger partial charge is 0.376 e. The van der Waals surface area contributed by atoms with Gasteiger partial charge in [0.15, 0.2) is 0 Å². The summed E-state index contributed by atoms with van der Waals surface area (Å²) in [4.78, 5) is -1.24. The van der Waals surface area contributed by atoms with E-state index in [1.54, 1.807) is 12.2 Å². The van der Waals surface area contributed by atoms with E-state index in [0.717, 1.165) is 5.56 Å². The van der Waals surface area contributed by atoms with Gasteiger partial charge in [-0.05, 0) is 16.9 Å². The Bertz CT molecular complexity index is 633. The molecule has 1 aliphatic heterocycles. The molecule has 0 radical (unpaired) electrons. The Morgan fingerprint density at radius 1 is 1.26 bits per heavy atom. The molecule has 0 spiro atoms. The lowest BCUT2D eigenvalue weighted by Gasteiger charge is -2.32. The van der Waals surface area contributed by atoms with Crippen LogP contribution >= 0.6 is 11.6 Å². The molecular weight excluding hydrogens is 264 g/mol. The highest BCUT2D eigenvalue weighted by atomic mass is 35.5. The summed E-state index contributed by atoms with van der Waals surface area (Å²) in [6, 6.07) is 9.42. The molecule has 0 amide bonds. The van der Waals surface area contributed by atoms with Crippen molar-refractivity contribution in [1.82, 2.24) is 0 Å². The van der Waals surface area contributed by atoms with Crippen molar-refractivity contribution in [3.8, 4) is 0 Å². The van der Waals surface area contributed by atoms with E-state index < -0.39 is 11.1 Å². The van der Waals surface area contributed by atoms with Gasteiger partial charge in [-0.2, -0.15) is 0 Å². The van der Waals surface area contributed by atoms with E-state index in [9.17, 15) is 5.11 Å². The van der Waals surface area contributed by atoms with Gasteiger partial charge in [0, 0.05) is 5.57 Å².